The zero-order valence-electron chi connectivity index (χ0n) is 49.1. The van der Waals surface area contributed by atoms with E-state index < -0.39 is 0 Å². The third kappa shape index (κ3) is 7.56. The van der Waals surface area contributed by atoms with Crippen molar-refractivity contribution in [1.29, 1.82) is 0 Å². The number of hydrogen-bond donors (Lipinski definition) is 0. The molecule has 0 bridgehead atoms. The van der Waals surface area contributed by atoms with Crippen LogP contribution in [0.5, 0.6) is 0 Å². The number of benzene rings is 9. The van der Waals surface area contributed by atoms with E-state index in [9.17, 15) is 0 Å². The van der Waals surface area contributed by atoms with Gasteiger partial charge in [0.2, 0.25) is 11.8 Å². The Balaban J connectivity index is 1.02. The van der Waals surface area contributed by atoms with Gasteiger partial charge in [-0.2, -0.15) is 0 Å². The summed E-state index contributed by atoms with van der Waals surface area (Å²) >= 11 is 0. The van der Waals surface area contributed by atoms with Gasteiger partial charge in [0.1, 0.15) is 33.5 Å². The highest BCUT2D eigenvalue weighted by Gasteiger charge is 2.49. The molecule has 0 radical (unpaired) electrons. The van der Waals surface area contributed by atoms with Crippen molar-refractivity contribution in [3.8, 4) is 44.5 Å². The van der Waals surface area contributed by atoms with Crippen molar-refractivity contribution < 1.29 is 26.5 Å². The van der Waals surface area contributed by atoms with E-state index in [0.717, 1.165) is 167 Å². The molecule has 6 aromatic heterocycles. The van der Waals surface area contributed by atoms with Crippen LogP contribution in [0.3, 0.4) is 0 Å². The van der Waals surface area contributed by atoms with Crippen LogP contribution in [0.2, 0.25) is 0 Å². The number of anilines is 6. The molecule has 15 aromatic rings. The fraction of sp³-hybridized carbons (Fsp3) is 0.143. The monoisotopic (exact) mass is 1120 g/mol. The van der Waals surface area contributed by atoms with Crippen molar-refractivity contribution in [2.45, 2.75) is 72.1 Å². The molecule has 0 amide bonds. The highest BCUT2D eigenvalue weighted by molar-refractivity contribution is 7.02. The normalized spacial score (nSPS) is 13.4. The van der Waals surface area contributed by atoms with Crippen molar-refractivity contribution in [3.63, 3.8) is 0 Å². The highest BCUT2D eigenvalue weighted by atomic mass is 16.4. The second-order valence-corrected chi connectivity index (χ2v) is 25.9. The van der Waals surface area contributed by atoms with Crippen molar-refractivity contribution in [2.75, 3.05) is 9.80 Å². The van der Waals surface area contributed by atoms with E-state index >= 15 is 0 Å². The molecule has 416 valence electrons. The van der Waals surface area contributed by atoms with Crippen LogP contribution in [0.15, 0.2) is 234 Å². The number of fused-ring (bicyclic) bond motifs is 12. The first kappa shape index (κ1) is 50.4. The third-order valence-corrected chi connectivity index (χ3v) is 18.2. The van der Waals surface area contributed by atoms with Gasteiger partial charge < -0.3 is 26.5 Å². The van der Waals surface area contributed by atoms with E-state index in [1.165, 1.54) is 11.1 Å². The van der Waals surface area contributed by atoms with E-state index in [0.29, 0.717) is 0 Å². The molecule has 9 heteroatoms. The van der Waals surface area contributed by atoms with Crippen molar-refractivity contribution in [1.82, 2.24) is 0 Å². The van der Waals surface area contributed by atoms with Crippen molar-refractivity contribution in [2.24, 2.45) is 0 Å². The minimum atomic E-state index is -0.344. The minimum Gasteiger partial charge on any atom is -0.464 e. The van der Waals surface area contributed by atoms with E-state index in [2.05, 4.69) is 199 Å². The van der Waals surface area contributed by atoms with Gasteiger partial charge in [-0.05, 0) is 158 Å². The largest absolute Gasteiger partial charge is 0.464 e. The topological polar surface area (TPSA) is 85.3 Å². The maximum Gasteiger partial charge on any atom is 0.262 e. The van der Waals surface area contributed by atoms with Gasteiger partial charge in [-0.1, -0.05) is 140 Å². The lowest BCUT2D eigenvalue weighted by Crippen LogP contribution is -2.60. The summed E-state index contributed by atoms with van der Waals surface area (Å²) in [6.45, 7) is 17.9. The molecule has 0 aliphatic carbocycles. The molecule has 9 aromatic carbocycles. The smallest absolute Gasteiger partial charge is 0.262 e. The summed E-state index contributed by atoms with van der Waals surface area (Å²) < 4.78 is 40.6. The molecular weight excluding hydrogens is 1060 g/mol. The van der Waals surface area contributed by atoms with Crippen LogP contribution in [-0.2, 0) is 10.8 Å². The average molecular weight is 1120 g/mol. The first-order valence-electron chi connectivity index (χ1n) is 29.8. The molecule has 17 rings (SSSR count). The fourth-order valence-electron chi connectivity index (χ4n) is 13.7. The molecule has 0 spiro atoms. The summed E-state index contributed by atoms with van der Waals surface area (Å²) in [6, 6.07) is 65.3. The number of rotatable bonds is 7. The molecule has 2 aliphatic rings. The first-order valence-corrected chi connectivity index (χ1v) is 29.8. The van der Waals surface area contributed by atoms with Crippen LogP contribution in [0.25, 0.3) is 110 Å². The number of para-hydroxylation sites is 4. The molecule has 0 N–H and O–H groups in total. The SMILES string of the molecule is CC(C)c1cc2c3c(c1)N(c1cc(-c4coc5ccccc45)cc(-c4coc5ccccc45)c1)c1oc4ccc(C(C)(C)C)cc4c1B3c1c(oc3ccc(C(C)(C)C)cc13)N2c1cc(-c2coc3ccccc23)cc(-c2coc3ccccc23)c1. The van der Waals surface area contributed by atoms with Crippen molar-refractivity contribution in [3.05, 3.63) is 224 Å². The van der Waals surface area contributed by atoms with Crippen LogP contribution in [-0.4, -0.2) is 6.71 Å². The quantitative estimate of drug-likeness (QED) is 0.146. The summed E-state index contributed by atoms with van der Waals surface area (Å²) in [4.78, 5) is 4.82. The molecule has 0 unspecified atom stereocenters. The Bertz CT molecular complexity index is 4790. The van der Waals surface area contributed by atoms with Gasteiger partial charge in [0.25, 0.3) is 6.71 Å². The average Bonchev–Trinajstić information content (AvgIpc) is 1.38. The first-order chi connectivity index (χ1) is 41.7. The Morgan fingerprint density at radius 3 is 1.01 bits per heavy atom. The van der Waals surface area contributed by atoms with Gasteiger partial charge in [0.15, 0.2) is 0 Å². The Morgan fingerprint density at radius 2 is 0.686 bits per heavy atom. The standard InChI is InChI=1S/C77H59BN2O6/c1-43(2)44-35-63-73-64(36-44)80(52-33-47(61-41-83-67-23-15-11-19-55(61)67)30-48(34-52)62-42-84-68-24-16-12-20-56(62)68)75-72(58-38-50(77(6,7)8)26-28-70(58)86-75)78(73)71-57-37-49(76(3,4)5)25-27-69(57)85-74(71)79(63)51-31-45(59-39-81-65-21-13-9-17-53(59)65)29-46(32-51)60-40-82-66-22-14-10-18-54(60)66/h9-43H,1-8H3. The van der Waals surface area contributed by atoms with Crippen LogP contribution < -0.4 is 26.2 Å². The Labute approximate surface area is 497 Å². The summed E-state index contributed by atoms with van der Waals surface area (Å²) in [6.07, 6.45) is 7.58. The van der Waals surface area contributed by atoms with Gasteiger partial charge in [-0.15, -0.1) is 0 Å². The van der Waals surface area contributed by atoms with Gasteiger partial charge in [-0.25, -0.2) is 0 Å². The second kappa shape index (κ2) is 18.2. The van der Waals surface area contributed by atoms with Crippen LogP contribution in [0.1, 0.15) is 78.0 Å². The van der Waals surface area contributed by atoms with E-state index in [4.69, 9.17) is 26.5 Å². The summed E-state index contributed by atoms with van der Waals surface area (Å²) in [7, 11) is 0. The zero-order valence-corrected chi connectivity index (χ0v) is 49.1. The lowest BCUT2D eigenvalue weighted by Gasteiger charge is -2.41. The predicted octanol–water partition coefficient (Wildman–Crippen LogP) is 20.6. The van der Waals surface area contributed by atoms with E-state index in [-0.39, 0.29) is 23.5 Å². The van der Waals surface area contributed by atoms with E-state index in [1.54, 1.807) is 0 Å². The number of furan rings is 6. The molecular formula is C77H59BN2O6. The molecule has 0 saturated carbocycles. The fourth-order valence-corrected chi connectivity index (χ4v) is 13.7. The lowest BCUT2D eigenvalue weighted by molar-refractivity contribution is 0.589. The molecule has 8 nitrogen and oxygen atoms in total. The summed E-state index contributed by atoms with van der Waals surface area (Å²) in [5, 5.41) is 6.25. The lowest BCUT2D eigenvalue weighted by atomic mass is 9.33. The Hall–Kier alpha value is -10.1. The Kier molecular flexibility index (Phi) is 10.7. The minimum absolute atomic E-state index is 0.115. The van der Waals surface area contributed by atoms with Crippen molar-refractivity contribution >= 4 is 123 Å². The van der Waals surface area contributed by atoms with Gasteiger partial charge in [-0.3, -0.25) is 9.80 Å². The van der Waals surface area contributed by atoms with Gasteiger partial charge in [0.05, 0.1) is 36.4 Å². The highest BCUT2D eigenvalue weighted by Crippen LogP contribution is 2.52. The molecule has 0 atom stereocenters. The predicted molar refractivity (Wildman–Crippen MR) is 352 cm³/mol. The van der Waals surface area contributed by atoms with E-state index in [1.807, 2.05) is 73.6 Å². The Morgan fingerprint density at radius 1 is 0.349 bits per heavy atom. The maximum atomic E-state index is 7.58. The van der Waals surface area contributed by atoms with Crippen LogP contribution in [0, 0.1) is 0 Å². The molecule has 8 heterocycles. The van der Waals surface area contributed by atoms with Crippen LogP contribution in [0.4, 0.5) is 34.5 Å². The molecule has 0 saturated heterocycles. The summed E-state index contributed by atoms with van der Waals surface area (Å²) in [5.41, 5.74) is 23.4. The number of hydrogen-bond acceptors (Lipinski definition) is 8. The zero-order chi connectivity index (χ0) is 58.1. The molecule has 86 heavy (non-hydrogen) atoms. The summed E-state index contributed by atoms with van der Waals surface area (Å²) in [5.74, 6) is 1.64. The molecule has 2 aliphatic heterocycles. The molecule has 0 fully saturated rings. The van der Waals surface area contributed by atoms with Gasteiger partial charge >= 0.3 is 0 Å². The maximum absolute atomic E-state index is 7.58. The number of nitrogens with zero attached hydrogens (tertiary/aromatic N) is 2. The van der Waals surface area contributed by atoms with Crippen LogP contribution >= 0.6 is 0 Å². The second-order valence-electron chi connectivity index (χ2n) is 25.9. The van der Waals surface area contributed by atoms with Gasteiger partial charge in [0, 0.05) is 76.9 Å². The third-order valence-electron chi connectivity index (χ3n) is 18.2.